The third-order valence-electron chi connectivity index (χ3n) is 1.72. The smallest absolute Gasteiger partial charge is 0.381 e. The Balaban J connectivity index is 2.89. The summed E-state index contributed by atoms with van der Waals surface area (Å²) in [6.45, 7) is 5.51. The van der Waals surface area contributed by atoms with Crippen molar-refractivity contribution in [2.45, 2.75) is 27.7 Å². The van der Waals surface area contributed by atoms with Gasteiger partial charge < -0.3 is 4.52 Å². The van der Waals surface area contributed by atoms with Crippen LogP contribution in [0.5, 0.6) is 5.88 Å². The Bertz CT molecular complexity index is 398. The van der Waals surface area contributed by atoms with Crippen molar-refractivity contribution in [2.75, 3.05) is 13.2 Å². The van der Waals surface area contributed by atoms with Gasteiger partial charge in [-0.15, -0.1) is 0 Å². The molecule has 0 bridgehead atoms. The summed E-state index contributed by atoms with van der Waals surface area (Å²) in [5.74, 6) is 1.04. The van der Waals surface area contributed by atoms with Crippen LogP contribution < -0.4 is 4.52 Å². The Morgan fingerprint density at radius 1 is 1.18 bits per heavy atom. The fourth-order valence-corrected chi connectivity index (χ4v) is 3.25. The van der Waals surface area contributed by atoms with Gasteiger partial charge in [-0.1, -0.05) is 0 Å². The first kappa shape index (κ1) is 14.5. The maximum Gasteiger partial charge on any atom is 0.381 e. The summed E-state index contributed by atoms with van der Waals surface area (Å²) >= 11 is 5.25. The minimum absolute atomic E-state index is 0.403. The van der Waals surface area contributed by atoms with E-state index in [1.165, 1.54) is 0 Å². The van der Waals surface area contributed by atoms with E-state index < -0.39 is 6.72 Å². The van der Waals surface area contributed by atoms with Crippen LogP contribution in [0.1, 0.15) is 25.4 Å². The quantitative estimate of drug-likeness (QED) is 0.745. The molecule has 0 aliphatic rings. The molecular weight excluding hydrogens is 259 g/mol. The summed E-state index contributed by atoms with van der Waals surface area (Å²) in [5.41, 5.74) is 0.821. The van der Waals surface area contributed by atoms with Gasteiger partial charge in [0.1, 0.15) is 5.82 Å². The van der Waals surface area contributed by atoms with E-state index in [9.17, 15) is 0 Å². The van der Waals surface area contributed by atoms with Crippen LogP contribution in [0.2, 0.25) is 0 Å². The van der Waals surface area contributed by atoms with Gasteiger partial charge in [0.15, 0.2) is 0 Å². The Kier molecular flexibility index (Phi) is 5.46. The fraction of sp³-hybridized carbons (Fsp3) is 0.600. The lowest BCUT2D eigenvalue weighted by atomic mass is 10.4. The van der Waals surface area contributed by atoms with Crippen molar-refractivity contribution in [2.24, 2.45) is 0 Å². The molecular formula is C10H17N2O3PS. The molecule has 1 heterocycles. The first-order valence-corrected chi connectivity index (χ1v) is 7.95. The summed E-state index contributed by atoms with van der Waals surface area (Å²) in [6, 6.07) is 1.71. The van der Waals surface area contributed by atoms with Gasteiger partial charge in [0, 0.05) is 23.6 Å². The molecule has 7 heteroatoms. The number of nitrogens with zero attached hydrogens (tertiary/aromatic N) is 2. The number of aromatic nitrogens is 2. The Hall–Kier alpha value is -0.550. The second kappa shape index (κ2) is 6.40. The number of hydrogen-bond donors (Lipinski definition) is 0. The van der Waals surface area contributed by atoms with E-state index >= 15 is 0 Å². The fourth-order valence-electron chi connectivity index (χ4n) is 1.25. The molecule has 0 aliphatic heterocycles. The maximum absolute atomic E-state index is 5.57. The minimum Gasteiger partial charge on any atom is -0.406 e. The standard InChI is InChI=1S/C10H17N2O3PS/c1-5-13-16(17,14-6-2)15-10-7-8(3)11-9(4)12-10/h7H,5-6H2,1-4H3. The molecule has 0 N–H and O–H groups in total. The molecule has 5 nitrogen and oxygen atoms in total. The van der Waals surface area contributed by atoms with E-state index in [1.54, 1.807) is 13.0 Å². The van der Waals surface area contributed by atoms with Crippen molar-refractivity contribution >= 4 is 18.5 Å². The average molecular weight is 276 g/mol. The lowest BCUT2D eigenvalue weighted by molar-refractivity contribution is 0.216. The monoisotopic (exact) mass is 276 g/mol. The zero-order chi connectivity index (χ0) is 12.9. The van der Waals surface area contributed by atoms with Gasteiger partial charge in [0.2, 0.25) is 5.88 Å². The van der Waals surface area contributed by atoms with Crippen LogP contribution in [0.4, 0.5) is 0 Å². The molecule has 0 amide bonds. The predicted molar refractivity (Wildman–Crippen MR) is 69.7 cm³/mol. The minimum atomic E-state index is -2.74. The lowest BCUT2D eigenvalue weighted by Crippen LogP contribution is -2.04. The van der Waals surface area contributed by atoms with Gasteiger partial charge >= 0.3 is 6.72 Å². The number of aryl methyl sites for hydroxylation is 2. The van der Waals surface area contributed by atoms with E-state index in [2.05, 4.69) is 9.97 Å². The average Bonchev–Trinajstić information content (AvgIpc) is 2.15. The molecule has 0 saturated heterocycles. The molecule has 1 aromatic heterocycles. The Labute approximate surface area is 107 Å². The molecule has 0 radical (unpaired) electrons. The molecule has 0 atom stereocenters. The molecule has 0 fully saturated rings. The van der Waals surface area contributed by atoms with Crippen LogP contribution >= 0.6 is 6.72 Å². The number of rotatable bonds is 6. The SMILES string of the molecule is CCOP(=S)(OCC)Oc1cc(C)nc(C)n1. The molecule has 0 aliphatic carbocycles. The van der Waals surface area contributed by atoms with Crippen LogP contribution in [-0.4, -0.2) is 23.2 Å². The van der Waals surface area contributed by atoms with Gasteiger partial charge in [-0.2, -0.15) is 4.98 Å². The van der Waals surface area contributed by atoms with Gasteiger partial charge in [-0.05, 0) is 27.7 Å². The highest BCUT2D eigenvalue weighted by Gasteiger charge is 2.22. The van der Waals surface area contributed by atoms with Crippen molar-refractivity contribution in [3.05, 3.63) is 17.6 Å². The molecule has 0 unspecified atom stereocenters. The maximum atomic E-state index is 5.57. The highest BCUT2D eigenvalue weighted by Crippen LogP contribution is 2.49. The summed E-state index contributed by atoms with van der Waals surface area (Å²) in [6.07, 6.45) is 0. The Morgan fingerprint density at radius 2 is 1.76 bits per heavy atom. The van der Waals surface area contributed by atoms with Crippen LogP contribution in [0.25, 0.3) is 0 Å². The van der Waals surface area contributed by atoms with Crippen molar-refractivity contribution in [1.82, 2.24) is 9.97 Å². The lowest BCUT2D eigenvalue weighted by Gasteiger charge is -2.20. The highest BCUT2D eigenvalue weighted by atomic mass is 32.5. The van der Waals surface area contributed by atoms with Gasteiger partial charge in [0.05, 0.1) is 13.2 Å². The molecule has 0 saturated carbocycles. The number of hydrogen-bond acceptors (Lipinski definition) is 6. The zero-order valence-corrected chi connectivity index (χ0v) is 12.2. The van der Waals surface area contributed by atoms with Gasteiger partial charge in [-0.3, -0.25) is 9.05 Å². The largest absolute Gasteiger partial charge is 0.406 e. The predicted octanol–water partition coefficient (Wildman–Crippen LogP) is 2.77. The van der Waals surface area contributed by atoms with Crippen LogP contribution in [0.3, 0.4) is 0 Å². The molecule has 17 heavy (non-hydrogen) atoms. The van der Waals surface area contributed by atoms with Crippen molar-refractivity contribution < 1.29 is 13.6 Å². The summed E-state index contributed by atoms with van der Waals surface area (Å²) in [7, 11) is 0. The van der Waals surface area contributed by atoms with Gasteiger partial charge in [0.25, 0.3) is 0 Å². The molecule has 1 rings (SSSR count). The normalized spacial score (nSPS) is 11.5. The second-order valence-electron chi connectivity index (χ2n) is 3.27. The third-order valence-corrected chi connectivity index (χ3v) is 4.14. The van der Waals surface area contributed by atoms with Gasteiger partial charge in [-0.25, -0.2) is 4.98 Å². The van der Waals surface area contributed by atoms with E-state index in [0.29, 0.717) is 24.9 Å². The van der Waals surface area contributed by atoms with Crippen molar-refractivity contribution in [3.8, 4) is 5.88 Å². The topological polar surface area (TPSA) is 53.5 Å². The highest BCUT2D eigenvalue weighted by molar-refractivity contribution is 8.07. The van der Waals surface area contributed by atoms with E-state index in [0.717, 1.165) is 5.69 Å². The molecule has 0 spiro atoms. The molecule has 96 valence electrons. The first-order valence-electron chi connectivity index (χ1n) is 5.40. The van der Waals surface area contributed by atoms with E-state index in [-0.39, 0.29) is 0 Å². The molecule has 1 aromatic rings. The van der Waals surface area contributed by atoms with Crippen LogP contribution in [-0.2, 0) is 20.9 Å². The van der Waals surface area contributed by atoms with Crippen LogP contribution in [0.15, 0.2) is 6.07 Å². The summed E-state index contributed by atoms with van der Waals surface area (Å²) < 4.78 is 16.3. The van der Waals surface area contributed by atoms with Crippen LogP contribution in [0, 0.1) is 13.8 Å². The summed E-state index contributed by atoms with van der Waals surface area (Å²) in [5, 5.41) is 0. The Morgan fingerprint density at radius 3 is 2.24 bits per heavy atom. The zero-order valence-electron chi connectivity index (χ0n) is 10.5. The second-order valence-corrected chi connectivity index (χ2v) is 6.20. The summed E-state index contributed by atoms with van der Waals surface area (Å²) in [4.78, 5) is 8.31. The first-order chi connectivity index (χ1) is 7.99. The molecule has 0 aromatic carbocycles. The van der Waals surface area contributed by atoms with Crippen molar-refractivity contribution in [3.63, 3.8) is 0 Å². The van der Waals surface area contributed by atoms with Crippen molar-refractivity contribution in [1.29, 1.82) is 0 Å². The third kappa shape index (κ3) is 4.68. The van der Waals surface area contributed by atoms with E-state index in [4.69, 9.17) is 25.4 Å². The van der Waals surface area contributed by atoms with E-state index in [1.807, 2.05) is 20.8 Å².